The number of tetrazole rings is 1. The van der Waals surface area contributed by atoms with Crippen molar-refractivity contribution < 1.29 is 9.90 Å². The number of hydrogen-bond donors (Lipinski definition) is 2. The van der Waals surface area contributed by atoms with Crippen molar-refractivity contribution in [3.63, 3.8) is 0 Å². The number of carboxylic acid groups (broad SMARTS) is 1. The minimum atomic E-state index is -0.837. The maximum absolute atomic E-state index is 10.9. The summed E-state index contributed by atoms with van der Waals surface area (Å²) in [4.78, 5) is 15.6. The summed E-state index contributed by atoms with van der Waals surface area (Å²) in [5.41, 5.74) is 4.14. The van der Waals surface area contributed by atoms with E-state index >= 15 is 0 Å². The number of carbonyl (C=O) groups is 1. The zero-order valence-corrected chi connectivity index (χ0v) is 18.6. The molecule has 4 rings (SSSR count). The van der Waals surface area contributed by atoms with Gasteiger partial charge in [-0.25, -0.2) is 14.8 Å². The minimum Gasteiger partial charge on any atom is -0.481 e. The molecular formula is C24H27N7O2. The first-order chi connectivity index (χ1) is 16.1. The maximum atomic E-state index is 10.9. The van der Waals surface area contributed by atoms with Gasteiger partial charge < -0.3 is 5.11 Å². The largest absolute Gasteiger partial charge is 0.481 e. The molecule has 2 N–H and O–H groups in total. The quantitative estimate of drug-likeness (QED) is 0.335. The van der Waals surface area contributed by atoms with Gasteiger partial charge in [0.1, 0.15) is 5.82 Å². The van der Waals surface area contributed by atoms with E-state index in [1.165, 1.54) is 0 Å². The van der Waals surface area contributed by atoms with E-state index in [1.54, 1.807) is 0 Å². The molecule has 0 bridgehead atoms. The average Bonchev–Trinajstić information content (AvgIpc) is 3.49. The molecule has 0 unspecified atom stereocenters. The molecule has 0 saturated heterocycles. The number of hydrogen-bond acceptors (Lipinski definition) is 6. The highest BCUT2D eigenvalue weighted by atomic mass is 16.4. The molecular weight excluding hydrogens is 418 g/mol. The molecule has 2 aromatic carbocycles. The molecule has 9 heteroatoms. The third kappa shape index (κ3) is 5.68. The smallest absolute Gasteiger partial charge is 0.303 e. The van der Waals surface area contributed by atoms with Gasteiger partial charge in [-0.15, -0.1) is 5.10 Å². The Morgan fingerprint density at radius 2 is 1.82 bits per heavy atom. The molecule has 0 amide bonds. The summed E-state index contributed by atoms with van der Waals surface area (Å²) in [5.74, 6) is 1.30. The Morgan fingerprint density at radius 3 is 2.52 bits per heavy atom. The Morgan fingerprint density at radius 1 is 1.03 bits per heavy atom. The van der Waals surface area contributed by atoms with Crippen molar-refractivity contribution in [2.75, 3.05) is 0 Å². The highest BCUT2D eigenvalue weighted by Gasteiger charge is 2.13. The number of carboxylic acids is 1. The molecule has 170 valence electrons. The molecule has 0 radical (unpaired) electrons. The molecule has 0 aliphatic heterocycles. The lowest BCUT2D eigenvalue weighted by Gasteiger charge is -2.09. The van der Waals surface area contributed by atoms with Crippen molar-refractivity contribution in [1.29, 1.82) is 0 Å². The van der Waals surface area contributed by atoms with Crippen LogP contribution in [-0.4, -0.2) is 46.5 Å². The van der Waals surface area contributed by atoms with Crippen LogP contribution in [0.15, 0.2) is 48.5 Å². The predicted molar refractivity (Wildman–Crippen MR) is 123 cm³/mol. The van der Waals surface area contributed by atoms with Crippen LogP contribution in [0.3, 0.4) is 0 Å². The lowest BCUT2D eigenvalue weighted by atomic mass is 9.98. The van der Waals surface area contributed by atoms with Gasteiger partial charge in [-0.3, -0.25) is 4.79 Å². The van der Waals surface area contributed by atoms with Crippen LogP contribution in [0.2, 0.25) is 0 Å². The highest BCUT2D eigenvalue weighted by Crippen LogP contribution is 2.29. The third-order valence-electron chi connectivity index (χ3n) is 5.48. The molecule has 0 aliphatic carbocycles. The topological polar surface area (TPSA) is 122 Å². The van der Waals surface area contributed by atoms with Gasteiger partial charge in [-0.1, -0.05) is 68.3 Å². The molecule has 9 nitrogen and oxygen atoms in total. The van der Waals surface area contributed by atoms with Crippen LogP contribution in [0.1, 0.15) is 49.8 Å². The first-order valence-electron chi connectivity index (χ1n) is 11.2. The second-order valence-electron chi connectivity index (χ2n) is 7.95. The molecule has 0 fully saturated rings. The molecule has 4 aromatic rings. The Balaban J connectivity index is 1.54. The fraction of sp³-hybridized carbons (Fsp3) is 0.333. The molecule has 0 saturated carbocycles. The Hall–Kier alpha value is -3.88. The summed E-state index contributed by atoms with van der Waals surface area (Å²) in [5, 5.41) is 27.8. The number of aromatic nitrogens is 7. The van der Waals surface area contributed by atoms with Crippen LogP contribution in [0.5, 0.6) is 0 Å². The zero-order valence-electron chi connectivity index (χ0n) is 18.6. The van der Waals surface area contributed by atoms with Crippen molar-refractivity contribution in [2.45, 2.75) is 52.0 Å². The zero-order chi connectivity index (χ0) is 23.0. The van der Waals surface area contributed by atoms with Gasteiger partial charge >= 0.3 is 5.97 Å². The number of benzene rings is 2. The van der Waals surface area contributed by atoms with Crippen LogP contribution in [0, 0.1) is 0 Å². The number of rotatable bonds is 11. The highest BCUT2D eigenvalue weighted by molar-refractivity contribution is 5.80. The lowest BCUT2D eigenvalue weighted by molar-refractivity contribution is -0.137. The van der Waals surface area contributed by atoms with E-state index in [0.717, 1.165) is 53.8 Å². The van der Waals surface area contributed by atoms with Gasteiger partial charge in [-0.2, -0.15) is 5.10 Å². The van der Waals surface area contributed by atoms with Gasteiger partial charge in [0.2, 0.25) is 0 Å². The monoisotopic (exact) mass is 445 g/mol. The number of nitrogens with one attached hydrogen (secondary N) is 1. The van der Waals surface area contributed by atoms with Crippen molar-refractivity contribution in [1.82, 2.24) is 35.4 Å². The van der Waals surface area contributed by atoms with Crippen molar-refractivity contribution in [3.05, 3.63) is 65.7 Å². The summed E-state index contributed by atoms with van der Waals surface area (Å²) in [6, 6.07) is 16.3. The van der Waals surface area contributed by atoms with Crippen molar-refractivity contribution in [2.24, 2.45) is 0 Å². The second kappa shape index (κ2) is 10.6. The number of aliphatic carboxylic acids is 1. The molecule has 0 atom stereocenters. The fourth-order valence-electron chi connectivity index (χ4n) is 3.77. The van der Waals surface area contributed by atoms with Crippen molar-refractivity contribution >= 4 is 5.97 Å². The second-order valence-corrected chi connectivity index (χ2v) is 7.95. The normalized spacial score (nSPS) is 11.1. The Labute approximate surface area is 191 Å². The Bertz CT molecular complexity index is 1180. The summed E-state index contributed by atoms with van der Waals surface area (Å²) in [6.07, 6.45) is 4.52. The van der Waals surface area contributed by atoms with Gasteiger partial charge in [-0.05, 0) is 33.5 Å². The first kappa shape index (κ1) is 22.3. The number of nitrogens with zero attached hydrogens (tertiary/aromatic N) is 6. The number of aryl methyl sites for hydroxylation is 2. The molecule has 0 spiro atoms. The number of H-pyrrole nitrogens is 1. The number of aromatic amines is 1. The van der Waals surface area contributed by atoms with E-state index < -0.39 is 5.97 Å². The lowest BCUT2D eigenvalue weighted by Crippen LogP contribution is -2.07. The summed E-state index contributed by atoms with van der Waals surface area (Å²) in [6.45, 7) is 2.76. The van der Waals surface area contributed by atoms with E-state index in [0.29, 0.717) is 24.6 Å². The average molecular weight is 446 g/mol. The van der Waals surface area contributed by atoms with E-state index in [1.807, 2.05) is 28.9 Å². The van der Waals surface area contributed by atoms with Crippen molar-refractivity contribution in [3.8, 4) is 22.5 Å². The summed E-state index contributed by atoms with van der Waals surface area (Å²) >= 11 is 0. The van der Waals surface area contributed by atoms with Crippen LogP contribution < -0.4 is 0 Å². The van der Waals surface area contributed by atoms with Gasteiger partial charge in [0.25, 0.3) is 0 Å². The van der Waals surface area contributed by atoms with E-state index in [9.17, 15) is 4.79 Å². The maximum Gasteiger partial charge on any atom is 0.303 e. The standard InChI is InChI=1S/C24H27N7O2/c1-2-3-4-9-22-25-21(14-15-23(32)33)28-31(22)16-17-10-12-18(13-11-17)19-7-5-6-8-20(19)24-26-29-30-27-24/h5-8,10-13H,2-4,9,14-16H2,1H3,(H,32,33)(H,26,27,29,30). The van der Waals surface area contributed by atoms with Crippen LogP contribution in [-0.2, 0) is 24.2 Å². The molecule has 33 heavy (non-hydrogen) atoms. The third-order valence-corrected chi connectivity index (χ3v) is 5.48. The van der Waals surface area contributed by atoms with Crippen LogP contribution in [0.25, 0.3) is 22.5 Å². The number of unbranched alkanes of at least 4 members (excludes halogenated alkanes) is 2. The van der Waals surface area contributed by atoms with E-state index in [-0.39, 0.29) is 6.42 Å². The summed E-state index contributed by atoms with van der Waals surface area (Å²) < 4.78 is 1.91. The van der Waals surface area contributed by atoms with Gasteiger partial charge in [0.05, 0.1) is 13.0 Å². The van der Waals surface area contributed by atoms with E-state index in [2.05, 4.69) is 61.9 Å². The minimum absolute atomic E-state index is 0.0349. The molecule has 2 heterocycles. The fourth-order valence-corrected chi connectivity index (χ4v) is 3.77. The molecule has 2 aromatic heterocycles. The van der Waals surface area contributed by atoms with Gasteiger partial charge in [0.15, 0.2) is 11.6 Å². The Kier molecular flexibility index (Phi) is 7.19. The SMILES string of the molecule is CCCCCc1nc(CCC(=O)O)nn1Cc1ccc(-c2ccccc2-c2nnn[nH]2)cc1. The van der Waals surface area contributed by atoms with Gasteiger partial charge in [0, 0.05) is 18.4 Å². The molecule has 0 aliphatic rings. The van der Waals surface area contributed by atoms with E-state index in [4.69, 9.17) is 5.11 Å². The summed E-state index contributed by atoms with van der Waals surface area (Å²) in [7, 11) is 0. The first-order valence-corrected chi connectivity index (χ1v) is 11.2. The predicted octanol–water partition coefficient (Wildman–Crippen LogP) is 3.92. The van der Waals surface area contributed by atoms with Crippen LogP contribution in [0.4, 0.5) is 0 Å². The van der Waals surface area contributed by atoms with Crippen LogP contribution >= 0.6 is 0 Å².